The number of nitrogens with zero attached hydrogens (tertiary/aromatic N) is 1. The van der Waals surface area contributed by atoms with Gasteiger partial charge in [0.25, 0.3) is 0 Å². The Balaban J connectivity index is 2.60. The van der Waals surface area contributed by atoms with Gasteiger partial charge in [0.1, 0.15) is 0 Å². The van der Waals surface area contributed by atoms with E-state index in [9.17, 15) is 0 Å². The highest BCUT2D eigenvalue weighted by molar-refractivity contribution is 8.13. The van der Waals surface area contributed by atoms with Crippen LogP contribution in [-0.2, 0) is 0 Å². The summed E-state index contributed by atoms with van der Waals surface area (Å²) in [4.78, 5) is 4.89. The zero-order chi connectivity index (χ0) is 12.9. The summed E-state index contributed by atoms with van der Waals surface area (Å²) in [5.74, 6) is 1.20. The lowest BCUT2D eigenvalue weighted by Gasteiger charge is -2.32. The standard InChI is InChI=1S/C14H28N2S/c1-6-8-11(7-2)15-13-16-12(9-10-17-13)14(3,4)5/h11-12H,6-10H2,1-5H3,(H,15,16). The third-order valence-electron chi connectivity index (χ3n) is 3.36. The van der Waals surface area contributed by atoms with E-state index in [0.717, 1.165) is 0 Å². The van der Waals surface area contributed by atoms with Gasteiger partial charge in [-0.2, -0.15) is 0 Å². The predicted octanol–water partition coefficient (Wildman–Crippen LogP) is 4.06. The van der Waals surface area contributed by atoms with Crippen molar-refractivity contribution in [2.75, 3.05) is 5.75 Å². The van der Waals surface area contributed by atoms with Crippen LogP contribution in [0.3, 0.4) is 0 Å². The van der Waals surface area contributed by atoms with Crippen LogP contribution in [0.15, 0.2) is 4.99 Å². The van der Waals surface area contributed by atoms with E-state index < -0.39 is 0 Å². The van der Waals surface area contributed by atoms with E-state index >= 15 is 0 Å². The highest BCUT2D eigenvalue weighted by Gasteiger charge is 2.27. The maximum atomic E-state index is 4.89. The molecule has 2 atom stereocenters. The summed E-state index contributed by atoms with van der Waals surface area (Å²) in [7, 11) is 0. The third kappa shape index (κ3) is 4.90. The largest absolute Gasteiger partial charge is 0.362 e. The second kappa shape index (κ2) is 6.67. The minimum absolute atomic E-state index is 0.292. The molecule has 0 aromatic heterocycles. The lowest BCUT2D eigenvalue weighted by Crippen LogP contribution is -2.38. The first kappa shape index (κ1) is 14.9. The van der Waals surface area contributed by atoms with Crippen molar-refractivity contribution in [2.24, 2.45) is 10.4 Å². The fraction of sp³-hybridized carbons (Fsp3) is 0.929. The van der Waals surface area contributed by atoms with Crippen LogP contribution in [0.2, 0.25) is 0 Å². The Hall–Kier alpha value is -0.180. The molecule has 1 aliphatic rings. The third-order valence-corrected chi connectivity index (χ3v) is 4.30. The Morgan fingerprint density at radius 2 is 2.12 bits per heavy atom. The summed E-state index contributed by atoms with van der Waals surface area (Å²) < 4.78 is 0. The zero-order valence-corrected chi connectivity index (χ0v) is 12.9. The van der Waals surface area contributed by atoms with Gasteiger partial charge in [0, 0.05) is 11.8 Å². The van der Waals surface area contributed by atoms with Crippen molar-refractivity contribution >= 4 is 16.9 Å². The monoisotopic (exact) mass is 256 g/mol. The molecule has 2 unspecified atom stereocenters. The van der Waals surface area contributed by atoms with Crippen LogP contribution in [0.5, 0.6) is 0 Å². The fourth-order valence-electron chi connectivity index (χ4n) is 2.12. The van der Waals surface area contributed by atoms with E-state index in [0.29, 0.717) is 17.5 Å². The van der Waals surface area contributed by atoms with E-state index in [1.807, 2.05) is 11.8 Å². The van der Waals surface area contributed by atoms with Crippen molar-refractivity contribution in [1.82, 2.24) is 5.32 Å². The highest BCUT2D eigenvalue weighted by Crippen LogP contribution is 2.30. The molecule has 0 aromatic carbocycles. The van der Waals surface area contributed by atoms with E-state index in [4.69, 9.17) is 4.99 Å². The van der Waals surface area contributed by atoms with Crippen LogP contribution in [0.4, 0.5) is 0 Å². The quantitative estimate of drug-likeness (QED) is 0.820. The Labute approximate surface area is 111 Å². The molecule has 0 aliphatic carbocycles. The van der Waals surface area contributed by atoms with Gasteiger partial charge < -0.3 is 5.32 Å². The lowest BCUT2D eigenvalue weighted by molar-refractivity contribution is 0.315. The Kier molecular flexibility index (Phi) is 5.84. The van der Waals surface area contributed by atoms with Gasteiger partial charge in [-0.25, -0.2) is 0 Å². The molecule has 100 valence electrons. The molecule has 0 radical (unpaired) electrons. The number of amidine groups is 1. The first-order valence-corrected chi connectivity index (χ1v) is 7.93. The van der Waals surface area contributed by atoms with Gasteiger partial charge in [0.2, 0.25) is 0 Å². The molecule has 0 fully saturated rings. The van der Waals surface area contributed by atoms with Crippen molar-refractivity contribution < 1.29 is 0 Å². The van der Waals surface area contributed by atoms with Crippen LogP contribution < -0.4 is 5.32 Å². The smallest absolute Gasteiger partial charge is 0.157 e. The fourth-order valence-corrected chi connectivity index (χ4v) is 3.10. The molecular weight excluding hydrogens is 228 g/mol. The Morgan fingerprint density at radius 3 is 2.65 bits per heavy atom. The summed E-state index contributed by atoms with van der Waals surface area (Å²) >= 11 is 1.89. The SMILES string of the molecule is CCCC(CC)NC1=NC(C(C)(C)C)CCS1. The summed E-state index contributed by atoms with van der Waals surface area (Å²) in [6, 6.07) is 1.08. The van der Waals surface area contributed by atoms with E-state index in [1.165, 1.54) is 36.6 Å². The van der Waals surface area contributed by atoms with Crippen molar-refractivity contribution in [1.29, 1.82) is 0 Å². The van der Waals surface area contributed by atoms with Crippen LogP contribution in [0.25, 0.3) is 0 Å². The highest BCUT2D eigenvalue weighted by atomic mass is 32.2. The molecule has 0 aromatic rings. The summed E-state index contributed by atoms with van der Waals surface area (Å²) in [5, 5.41) is 4.80. The second-order valence-corrected chi connectivity index (χ2v) is 7.08. The molecule has 1 heterocycles. The first-order chi connectivity index (χ1) is 7.97. The van der Waals surface area contributed by atoms with E-state index in [2.05, 4.69) is 39.9 Å². The van der Waals surface area contributed by atoms with Crippen LogP contribution >= 0.6 is 11.8 Å². The van der Waals surface area contributed by atoms with E-state index in [-0.39, 0.29) is 0 Å². The topological polar surface area (TPSA) is 24.4 Å². The van der Waals surface area contributed by atoms with Gasteiger partial charge in [-0.1, -0.05) is 52.8 Å². The van der Waals surface area contributed by atoms with Crippen LogP contribution in [0, 0.1) is 5.41 Å². The normalized spacial score (nSPS) is 23.1. The number of hydrogen-bond acceptors (Lipinski definition) is 3. The van der Waals surface area contributed by atoms with Gasteiger partial charge in [0.15, 0.2) is 5.17 Å². The molecular formula is C14H28N2S. The zero-order valence-electron chi connectivity index (χ0n) is 12.0. The summed E-state index contributed by atoms with van der Waals surface area (Å²) in [6.07, 6.45) is 4.89. The van der Waals surface area contributed by atoms with Crippen molar-refractivity contribution in [3.8, 4) is 0 Å². The van der Waals surface area contributed by atoms with Gasteiger partial charge >= 0.3 is 0 Å². The molecule has 3 heteroatoms. The molecule has 17 heavy (non-hydrogen) atoms. The molecule has 0 bridgehead atoms. The number of aliphatic imine (C=N–C) groups is 1. The van der Waals surface area contributed by atoms with Crippen molar-refractivity contribution in [3.63, 3.8) is 0 Å². The first-order valence-electron chi connectivity index (χ1n) is 6.94. The molecule has 1 aliphatic heterocycles. The average Bonchev–Trinajstić information content (AvgIpc) is 2.28. The number of nitrogens with one attached hydrogen (secondary N) is 1. The molecule has 0 amide bonds. The van der Waals surface area contributed by atoms with E-state index in [1.54, 1.807) is 0 Å². The predicted molar refractivity (Wildman–Crippen MR) is 79.9 cm³/mol. The van der Waals surface area contributed by atoms with Crippen LogP contribution in [-0.4, -0.2) is 23.0 Å². The minimum atomic E-state index is 0.292. The molecule has 2 nitrogen and oxygen atoms in total. The maximum absolute atomic E-state index is 4.89. The number of thioether (sulfide) groups is 1. The molecule has 1 rings (SSSR count). The van der Waals surface area contributed by atoms with Crippen molar-refractivity contribution in [3.05, 3.63) is 0 Å². The number of hydrogen-bond donors (Lipinski definition) is 1. The molecule has 0 saturated carbocycles. The Bertz CT molecular complexity index is 255. The van der Waals surface area contributed by atoms with Crippen molar-refractivity contribution in [2.45, 2.75) is 72.4 Å². The van der Waals surface area contributed by atoms with Gasteiger partial charge in [0.05, 0.1) is 6.04 Å². The molecule has 0 spiro atoms. The minimum Gasteiger partial charge on any atom is -0.362 e. The van der Waals surface area contributed by atoms with Crippen LogP contribution in [0.1, 0.15) is 60.3 Å². The molecule has 1 N–H and O–H groups in total. The Morgan fingerprint density at radius 1 is 1.41 bits per heavy atom. The van der Waals surface area contributed by atoms with Gasteiger partial charge in [-0.05, 0) is 24.7 Å². The summed E-state index contributed by atoms with van der Waals surface area (Å²) in [6.45, 7) is 11.4. The maximum Gasteiger partial charge on any atom is 0.157 e. The van der Waals surface area contributed by atoms with Gasteiger partial charge in [-0.15, -0.1) is 0 Å². The average molecular weight is 256 g/mol. The second-order valence-electron chi connectivity index (χ2n) is 5.99. The lowest BCUT2D eigenvalue weighted by atomic mass is 9.85. The number of rotatable bonds is 4. The summed E-state index contributed by atoms with van der Waals surface area (Å²) in [5.41, 5.74) is 0.292. The molecule has 0 saturated heterocycles. The van der Waals surface area contributed by atoms with Gasteiger partial charge in [-0.3, -0.25) is 4.99 Å².